The molecule has 2 rings (SSSR count). The monoisotopic (exact) mass is 293 g/mol. The van der Waals surface area contributed by atoms with Gasteiger partial charge in [0.15, 0.2) is 0 Å². The number of likely N-dealkylation sites (N-methyl/N-ethyl adjacent to an activating group) is 1. The Kier molecular flexibility index (Phi) is 4.14. The van der Waals surface area contributed by atoms with Crippen molar-refractivity contribution in [2.75, 3.05) is 26.7 Å². The first-order chi connectivity index (χ1) is 9.36. The highest BCUT2D eigenvalue weighted by atomic mass is 32.2. The van der Waals surface area contributed by atoms with Crippen LogP contribution in [0.4, 0.5) is 0 Å². The van der Waals surface area contributed by atoms with Crippen LogP contribution >= 0.6 is 0 Å². The predicted octanol–water partition coefficient (Wildman–Crippen LogP) is 1.19. The summed E-state index contributed by atoms with van der Waals surface area (Å²) in [6.07, 6.45) is 0. The lowest BCUT2D eigenvalue weighted by molar-refractivity contribution is 0.159. The zero-order chi connectivity index (χ0) is 14.9. The van der Waals surface area contributed by atoms with Gasteiger partial charge in [-0.15, -0.1) is 0 Å². The Morgan fingerprint density at radius 3 is 2.60 bits per heavy atom. The summed E-state index contributed by atoms with van der Waals surface area (Å²) in [5, 5.41) is 8.85. The largest absolute Gasteiger partial charge is 0.301 e. The molecule has 1 saturated heterocycles. The van der Waals surface area contributed by atoms with Gasteiger partial charge in [0.1, 0.15) is 0 Å². The van der Waals surface area contributed by atoms with E-state index in [1.807, 2.05) is 20.0 Å². The van der Waals surface area contributed by atoms with Crippen molar-refractivity contribution in [3.63, 3.8) is 0 Å². The minimum absolute atomic E-state index is 0.206. The number of nitrogens with zero attached hydrogens (tertiary/aromatic N) is 3. The predicted molar refractivity (Wildman–Crippen MR) is 76.7 cm³/mol. The third kappa shape index (κ3) is 2.70. The molecule has 0 bridgehead atoms. The van der Waals surface area contributed by atoms with Crippen LogP contribution in [0.5, 0.6) is 0 Å². The molecule has 1 heterocycles. The Bertz CT molecular complexity index is 649. The van der Waals surface area contributed by atoms with Crippen LogP contribution < -0.4 is 0 Å². The molecule has 6 heteroatoms. The Morgan fingerprint density at radius 2 is 2.05 bits per heavy atom. The first-order valence-corrected chi connectivity index (χ1v) is 8.01. The average molecular weight is 293 g/mol. The first-order valence-electron chi connectivity index (χ1n) is 6.57. The van der Waals surface area contributed by atoms with E-state index < -0.39 is 10.0 Å². The van der Waals surface area contributed by atoms with E-state index in [4.69, 9.17) is 5.26 Å². The minimum atomic E-state index is -3.48. The zero-order valence-electron chi connectivity index (χ0n) is 12.0. The number of piperazine rings is 1. The van der Waals surface area contributed by atoms with Crippen molar-refractivity contribution in [3.8, 4) is 6.07 Å². The molecule has 108 valence electrons. The van der Waals surface area contributed by atoms with Crippen molar-refractivity contribution < 1.29 is 8.42 Å². The van der Waals surface area contributed by atoms with Crippen LogP contribution in [0.25, 0.3) is 0 Å². The molecule has 1 aromatic carbocycles. The van der Waals surface area contributed by atoms with Crippen molar-refractivity contribution >= 4 is 10.0 Å². The molecule has 0 spiro atoms. The van der Waals surface area contributed by atoms with E-state index >= 15 is 0 Å². The molecular weight excluding hydrogens is 274 g/mol. The molecule has 0 saturated carbocycles. The van der Waals surface area contributed by atoms with Gasteiger partial charge < -0.3 is 4.90 Å². The summed E-state index contributed by atoms with van der Waals surface area (Å²) >= 11 is 0. The Labute approximate surface area is 120 Å². The van der Waals surface area contributed by atoms with E-state index in [-0.39, 0.29) is 6.04 Å². The van der Waals surface area contributed by atoms with Gasteiger partial charge in [0.2, 0.25) is 10.0 Å². The third-order valence-corrected chi connectivity index (χ3v) is 5.87. The normalized spacial score (nSPS) is 21.6. The standard InChI is InChI=1S/C14H19N3O2S/c1-11-8-13(9-15)4-5-14(11)20(18,19)17-7-6-16(3)12(2)10-17/h4-5,8,12H,6-7,10H2,1-3H3. The molecule has 1 aliphatic heterocycles. The van der Waals surface area contributed by atoms with Crippen LogP contribution in [-0.4, -0.2) is 50.3 Å². The summed E-state index contributed by atoms with van der Waals surface area (Å²) in [6, 6.07) is 6.94. The second-order valence-corrected chi connectivity index (χ2v) is 7.19. The quantitative estimate of drug-likeness (QED) is 0.821. The smallest absolute Gasteiger partial charge is 0.243 e. The van der Waals surface area contributed by atoms with Crippen LogP contribution in [0.1, 0.15) is 18.1 Å². The van der Waals surface area contributed by atoms with Gasteiger partial charge in [-0.25, -0.2) is 8.42 Å². The minimum Gasteiger partial charge on any atom is -0.301 e. The van der Waals surface area contributed by atoms with Gasteiger partial charge in [-0.3, -0.25) is 0 Å². The Morgan fingerprint density at radius 1 is 1.35 bits per heavy atom. The summed E-state index contributed by atoms with van der Waals surface area (Å²) < 4.78 is 26.9. The van der Waals surface area contributed by atoms with E-state index in [1.165, 1.54) is 10.4 Å². The number of rotatable bonds is 2. The van der Waals surface area contributed by atoms with Crippen molar-refractivity contribution in [3.05, 3.63) is 29.3 Å². The summed E-state index contributed by atoms with van der Waals surface area (Å²) in [4.78, 5) is 2.45. The lowest BCUT2D eigenvalue weighted by Crippen LogP contribution is -2.51. The fourth-order valence-corrected chi connectivity index (χ4v) is 4.10. The highest BCUT2D eigenvalue weighted by Gasteiger charge is 2.31. The Hall–Kier alpha value is -1.42. The maximum absolute atomic E-state index is 12.7. The topological polar surface area (TPSA) is 64.4 Å². The number of benzene rings is 1. The molecule has 1 aromatic rings. The van der Waals surface area contributed by atoms with Gasteiger partial charge in [0.05, 0.1) is 16.5 Å². The number of sulfonamides is 1. The van der Waals surface area contributed by atoms with Gasteiger partial charge in [-0.1, -0.05) is 0 Å². The molecule has 1 atom stereocenters. The van der Waals surface area contributed by atoms with Crippen LogP contribution in [0.2, 0.25) is 0 Å². The zero-order valence-corrected chi connectivity index (χ0v) is 12.8. The van der Waals surface area contributed by atoms with Crippen LogP contribution in [0.3, 0.4) is 0 Å². The molecule has 0 N–H and O–H groups in total. The van der Waals surface area contributed by atoms with Crippen LogP contribution in [0.15, 0.2) is 23.1 Å². The highest BCUT2D eigenvalue weighted by Crippen LogP contribution is 2.23. The molecule has 0 aromatic heterocycles. The lowest BCUT2D eigenvalue weighted by Gasteiger charge is -2.37. The average Bonchev–Trinajstić information content (AvgIpc) is 2.41. The molecule has 0 amide bonds. The van der Waals surface area contributed by atoms with Gasteiger partial charge in [0, 0.05) is 25.7 Å². The second kappa shape index (κ2) is 5.52. The SMILES string of the molecule is Cc1cc(C#N)ccc1S(=O)(=O)N1CCN(C)C(C)C1. The van der Waals surface area contributed by atoms with E-state index in [0.717, 1.165) is 6.54 Å². The van der Waals surface area contributed by atoms with Crippen LogP contribution in [-0.2, 0) is 10.0 Å². The van der Waals surface area contributed by atoms with Crippen molar-refractivity contribution in [2.24, 2.45) is 0 Å². The number of aryl methyl sites for hydroxylation is 1. The van der Waals surface area contributed by atoms with Crippen molar-refractivity contribution in [2.45, 2.75) is 24.8 Å². The van der Waals surface area contributed by atoms with E-state index in [9.17, 15) is 8.42 Å². The van der Waals surface area contributed by atoms with Gasteiger partial charge in [0.25, 0.3) is 0 Å². The van der Waals surface area contributed by atoms with E-state index in [2.05, 4.69) is 4.90 Å². The molecular formula is C14H19N3O2S. The second-order valence-electron chi connectivity index (χ2n) is 5.28. The fraction of sp³-hybridized carbons (Fsp3) is 0.500. The third-order valence-electron chi connectivity index (χ3n) is 3.84. The summed E-state index contributed by atoms with van der Waals surface area (Å²) in [6.45, 7) is 5.48. The molecule has 0 aliphatic carbocycles. The summed E-state index contributed by atoms with van der Waals surface area (Å²) in [5.41, 5.74) is 1.10. The number of hydrogen-bond acceptors (Lipinski definition) is 4. The van der Waals surface area contributed by atoms with E-state index in [0.29, 0.717) is 29.1 Å². The molecule has 20 heavy (non-hydrogen) atoms. The molecule has 5 nitrogen and oxygen atoms in total. The number of hydrogen-bond donors (Lipinski definition) is 0. The maximum Gasteiger partial charge on any atom is 0.243 e. The van der Waals surface area contributed by atoms with Crippen molar-refractivity contribution in [1.82, 2.24) is 9.21 Å². The maximum atomic E-state index is 12.7. The number of nitriles is 1. The molecule has 0 radical (unpaired) electrons. The van der Waals surface area contributed by atoms with Gasteiger partial charge in [-0.2, -0.15) is 9.57 Å². The molecule has 1 unspecified atom stereocenters. The first kappa shape index (κ1) is 15.0. The fourth-order valence-electron chi connectivity index (χ4n) is 2.38. The van der Waals surface area contributed by atoms with Gasteiger partial charge >= 0.3 is 0 Å². The van der Waals surface area contributed by atoms with Gasteiger partial charge in [-0.05, 0) is 44.7 Å². The highest BCUT2D eigenvalue weighted by molar-refractivity contribution is 7.89. The lowest BCUT2D eigenvalue weighted by atomic mass is 10.2. The summed E-state index contributed by atoms with van der Waals surface area (Å²) in [5.74, 6) is 0. The molecule has 1 aliphatic rings. The Balaban J connectivity index is 2.34. The van der Waals surface area contributed by atoms with Crippen LogP contribution in [0, 0.1) is 18.3 Å². The summed E-state index contributed by atoms with van der Waals surface area (Å²) in [7, 11) is -1.48. The molecule has 1 fully saturated rings. The van der Waals surface area contributed by atoms with Crippen molar-refractivity contribution in [1.29, 1.82) is 5.26 Å². The van der Waals surface area contributed by atoms with E-state index in [1.54, 1.807) is 19.1 Å².